The number of hydrogen-bond acceptors (Lipinski definition) is 6. The SMILES string of the molecule is COc1cc(-c2ccc(N)c(F)c2)c(OC)cc1-c1ccc(OS(C)(=O)=O)cc1. The molecular formula is C21H20FNO5S. The van der Waals surface area contributed by atoms with Gasteiger partial charge in [-0.25, -0.2) is 4.39 Å². The first-order valence-corrected chi connectivity index (χ1v) is 10.3. The number of nitrogen functional groups attached to an aromatic ring is 1. The molecule has 6 nitrogen and oxygen atoms in total. The molecule has 0 atom stereocenters. The minimum Gasteiger partial charge on any atom is -0.496 e. The quantitative estimate of drug-likeness (QED) is 0.480. The zero-order valence-electron chi connectivity index (χ0n) is 16.1. The number of ether oxygens (including phenoxy) is 2. The van der Waals surface area contributed by atoms with Crippen LogP contribution in [-0.2, 0) is 10.1 Å². The van der Waals surface area contributed by atoms with Crippen molar-refractivity contribution in [3.63, 3.8) is 0 Å². The van der Waals surface area contributed by atoms with Gasteiger partial charge in [-0.3, -0.25) is 0 Å². The molecule has 0 bridgehead atoms. The van der Waals surface area contributed by atoms with Crippen LogP contribution in [0.1, 0.15) is 0 Å². The molecule has 2 N–H and O–H groups in total. The molecule has 0 amide bonds. The summed E-state index contributed by atoms with van der Waals surface area (Å²) in [5, 5.41) is 0. The molecule has 3 aromatic carbocycles. The maximum Gasteiger partial charge on any atom is 0.306 e. The van der Waals surface area contributed by atoms with Gasteiger partial charge in [0.15, 0.2) is 0 Å². The summed E-state index contributed by atoms with van der Waals surface area (Å²) < 4.78 is 52.4. The Morgan fingerprint density at radius 1 is 0.828 bits per heavy atom. The average Bonchev–Trinajstić information content (AvgIpc) is 2.68. The molecule has 0 radical (unpaired) electrons. The summed E-state index contributed by atoms with van der Waals surface area (Å²) in [5.41, 5.74) is 8.34. The Morgan fingerprint density at radius 3 is 1.83 bits per heavy atom. The lowest BCUT2D eigenvalue weighted by atomic mass is 9.97. The molecule has 0 unspecified atom stereocenters. The Morgan fingerprint density at radius 2 is 1.34 bits per heavy atom. The number of anilines is 1. The van der Waals surface area contributed by atoms with Gasteiger partial charge in [0.2, 0.25) is 0 Å². The maximum absolute atomic E-state index is 13.9. The van der Waals surface area contributed by atoms with Crippen molar-refractivity contribution >= 4 is 15.8 Å². The van der Waals surface area contributed by atoms with E-state index in [1.165, 1.54) is 26.4 Å². The third kappa shape index (κ3) is 4.60. The lowest BCUT2D eigenvalue weighted by molar-refractivity contribution is 0.406. The van der Waals surface area contributed by atoms with Gasteiger partial charge in [-0.15, -0.1) is 0 Å². The molecule has 0 aromatic heterocycles. The molecule has 0 aliphatic carbocycles. The maximum atomic E-state index is 13.9. The van der Waals surface area contributed by atoms with Crippen molar-refractivity contribution in [3.05, 3.63) is 60.4 Å². The van der Waals surface area contributed by atoms with Crippen molar-refractivity contribution in [2.24, 2.45) is 0 Å². The van der Waals surface area contributed by atoms with Crippen molar-refractivity contribution < 1.29 is 26.5 Å². The van der Waals surface area contributed by atoms with E-state index in [4.69, 9.17) is 19.4 Å². The zero-order chi connectivity index (χ0) is 21.2. The van der Waals surface area contributed by atoms with Crippen LogP contribution in [-0.4, -0.2) is 28.9 Å². The Bertz CT molecular complexity index is 1140. The highest BCUT2D eigenvalue weighted by Crippen LogP contribution is 2.41. The molecule has 0 heterocycles. The van der Waals surface area contributed by atoms with Gasteiger partial charge in [0.05, 0.1) is 26.2 Å². The van der Waals surface area contributed by atoms with Crippen LogP contribution in [0.4, 0.5) is 10.1 Å². The van der Waals surface area contributed by atoms with Crippen molar-refractivity contribution in [2.45, 2.75) is 0 Å². The van der Waals surface area contributed by atoms with Crippen LogP contribution in [0.2, 0.25) is 0 Å². The van der Waals surface area contributed by atoms with E-state index in [-0.39, 0.29) is 11.4 Å². The fourth-order valence-electron chi connectivity index (χ4n) is 2.91. The topological polar surface area (TPSA) is 87.8 Å². The summed E-state index contributed by atoms with van der Waals surface area (Å²) in [7, 11) is -0.558. The van der Waals surface area contributed by atoms with Gasteiger partial charge in [-0.2, -0.15) is 8.42 Å². The predicted octanol–water partition coefficient (Wildman–Crippen LogP) is 4.10. The van der Waals surface area contributed by atoms with Gasteiger partial charge in [0.1, 0.15) is 23.1 Å². The van der Waals surface area contributed by atoms with E-state index in [1.807, 2.05) is 0 Å². The molecule has 0 saturated heterocycles. The highest BCUT2D eigenvalue weighted by Gasteiger charge is 2.16. The largest absolute Gasteiger partial charge is 0.496 e. The van der Waals surface area contributed by atoms with E-state index in [1.54, 1.807) is 42.5 Å². The van der Waals surface area contributed by atoms with Crippen LogP contribution in [0.15, 0.2) is 54.6 Å². The van der Waals surface area contributed by atoms with Crippen molar-refractivity contribution in [3.8, 4) is 39.5 Å². The van der Waals surface area contributed by atoms with Crippen LogP contribution in [0, 0.1) is 5.82 Å². The number of halogens is 1. The van der Waals surface area contributed by atoms with Crippen LogP contribution in [0.25, 0.3) is 22.3 Å². The number of methoxy groups -OCH3 is 2. The number of benzene rings is 3. The van der Waals surface area contributed by atoms with E-state index in [2.05, 4.69) is 0 Å². The van der Waals surface area contributed by atoms with Gasteiger partial charge < -0.3 is 19.4 Å². The van der Waals surface area contributed by atoms with E-state index >= 15 is 0 Å². The van der Waals surface area contributed by atoms with E-state index < -0.39 is 15.9 Å². The van der Waals surface area contributed by atoms with Crippen molar-refractivity contribution in [2.75, 3.05) is 26.2 Å². The molecule has 152 valence electrons. The van der Waals surface area contributed by atoms with E-state index in [0.717, 1.165) is 17.4 Å². The number of hydrogen-bond donors (Lipinski definition) is 1. The average molecular weight is 417 g/mol. The van der Waals surface area contributed by atoms with Crippen LogP contribution in [0.5, 0.6) is 17.2 Å². The summed E-state index contributed by atoms with van der Waals surface area (Å²) in [5.74, 6) is 0.737. The normalized spacial score (nSPS) is 11.2. The monoisotopic (exact) mass is 417 g/mol. The molecule has 0 aliphatic rings. The first-order chi connectivity index (χ1) is 13.7. The minimum absolute atomic E-state index is 0.0627. The van der Waals surface area contributed by atoms with Gasteiger partial charge in [-0.05, 0) is 47.5 Å². The van der Waals surface area contributed by atoms with Crippen molar-refractivity contribution in [1.82, 2.24) is 0 Å². The van der Waals surface area contributed by atoms with Gasteiger partial charge >= 0.3 is 10.1 Å². The summed E-state index contributed by atoms with van der Waals surface area (Å²) >= 11 is 0. The molecule has 8 heteroatoms. The summed E-state index contributed by atoms with van der Waals surface area (Å²) in [6.07, 6.45) is 0.980. The highest BCUT2D eigenvalue weighted by atomic mass is 32.2. The third-order valence-corrected chi connectivity index (χ3v) is 4.74. The Kier molecular flexibility index (Phi) is 5.65. The number of rotatable bonds is 6. The van der Waals surface area contributed by atoms with E-state index in [0.29, 0.717) is 22.6 Å². The summed E-state index contributed by atoms with van der Waals surface area (Å²) in [6, 6.07) is 14.6. The van der Waals surface area contributed by atoms with Gasteiger partial charge in [-0.1, -0.05) is 18.2 Å². The van der Waals surface area contributed by atoms with Gasteiger partial charge in [0.25, 0.3) is 0 Å². The molecule has 29 heavy (non-hydrogen) atoms. The lowest BCUT2D eigenvalue weighted by Crippen LogP contribution is -2.05. The first-order valence-electron chi connectivity index (χ1n) is 8.53. The van der Waals surface area contributed by atoms with Crippen LogP contribution < -0.4 is 19.4 Å². The molecule has 0 aliphatic heterocycles. The highest BCUT2D eigenvalue weighted by molar-refractivity contribution is 7.86. The minimum atomic E-state index is -3.61. The van der Waals surface area contributed by atoms with Crippen LogP contribution in [0.3, 0.4) is 0 Å². The second-order valence-corrected chi connectivity index (χ2v) is 7.88. The second kappa shape index (κ2) is 8.00. The predicted molar refractivity (Wildman–Crippen MR) is 110 cm³/mol. The first kappa shape index (κ1) is 20.5. The zero-order valence-corrected chi connectivity index (χ0v) is 16.9. The Labute approximate surface area is 168 Å². The van der Waals surface area contributed by atoms with Crippen LogP contribution >= 0.6 is 0 Å². The van der Waals surface area contributed by atoms with Gasteiger partial charge in [0, 0.05) is 11.1 Å². The summed E-state index contributed by atoms with van der Waals surface area (Å²) in [6.45, 7) is 0. The Balaban J connectivity index is 2.07. The standard InChI is InChI=1S/C21H20FNO5S/c1-26-20-12-17(14-6-9-19(23)18(22)10-14)21(27-2)11-16(20)13-4-7-15(8-5-13)28-29(3,24)25/h4-12H,23H2,1-3H3. The fraction of sp³-hybridized carbons (Fsp3) is 0.143. The smallest absolute Gasteiger partial charge is 0.306 e. The lowest BCUT2D eigenvalue weighted by Gasteiger charge is -2.16. The molecule has 0 fully saturated rings. The molecule has 0 spiro atoms. The fourth-order valence-corrected chi connectivity index (χ4v) is 3.37. The van der Waals surface area contributed by atoms with E-state index in [9.17, 15) is 12.8 Å². The van der Waals surface area contributed by atoms with Crippen molar-refractivity contribution in [1.29, 1.82) is 0 Å². The summed E-state index contributed by atoms with van der Waals surface area (Å²) in [4.78, 5) is 0. The number of nitrogens with two attached hydrogens (primary N) is 1. The second-order valence-electron chi connectivity index (χ2n) is 6.30. The molecule has 0 saturated carbocycles. The molecular weight excluding hydrogens is 397 g/mol. The molecule has 3 rings (SSSR count). The third-order valence-electron chi connectivity index (χ3n) is 4.25. The molecule has 3 aromatic rings. The Hall–Kier alpha value is -3.26.